The SMILES string of the molecule is Cc1ccc(-c2cc(-c3ccccc3)nc3sc(C(=O)OC(C)C)c(N)c23)cc1. The Morgan fingerprint density at radius 3 is 2.38 bits per heavy atom. The Kier molecular flexibility index (Phi) is 5.07. The van der Waals surface area contributed by atoms with Gasteiger partial charge in [-0.2, -0.15) is 0 Å². The van der Waals surface area contributed by atoms with Crippen molar-refractivity contribution in [1.82, 2.24) is 4.98 Å². The van der Waals surface area contributed by atoms with Crippen LogP contribution in [-0.4, -0.2) is 17.1 Å². The Morgan fingerprint density at radius 1 is 1.03 bits per heavy atom. The number of benzene rings is 2. The van der Waals surface area contributed by atoms with Gasteiger partial charge in [-0.05, 0) is 38.0 Å². The summed E-state index contributed by atoms with van der Waals surface area (Å²) in [5, 5.41) is 0.800. The minimum absolute atomic E-state index is 0.212. The van der Waals surface area contributed by atoms with Gasteiger partial charge in [0.2, 0.25) is 0 Å². The Hall–Kier alpha value is -3.18. The number of carbonyl (C=O) groups is 1. The van der Waals surface area contributed by atoms with E-state index in [-0.39, 0.29) is 6.10 Å². The van der Waals surface area contributed by atoms with Crippen LogP contribution in [0.3, 0.4) is 0 Å². The lowest BCUT2D eigenvalue weighted by Gasteiger charge is -2.09. The lowest BCUT2D eigenvalue weighted by Crippen LogP contribution is -2.11. The lowest BCUT2D eigenvalue weighted by molar-refractivity contribution is 0.0385. The van der Waals surface area contributed by atoms with Crippen molar-refractivity contribution in [2.75, 3.05) is 5.73 Å². The van der Waals surface area contributed by atoms with Gasteiger partial charge in [0.1, 0.15) is 9.71 Å². The maximum atomic E-state index is 12.6. The van der Waals surface area contributed by atoms with Crippen molar-refractivity contribution in [2.24, 2.45) is 0 Å². The minimum atomic E-state index is -0.406. The van der Waals surface area contributed by atoms with Crippen LogP contribution in [0.4, 0.5) is 5.69 Å². The number of hydrogen-bond acceptors (Lipinski definition) is 5. The number of carbonyl (C=O) groups excluding carboxylic acids is 1. The summed E-state index contributed by atoms with van der Waals surface area (Å²) in [6.07, 6.45) is -0.212. The molecule has 0 atom stereocenters. The molecular weight excluding hydrogens is 380 g/mol. The predicted octanol–water partition coefficient (Wildman–Crippen LogP) is 6.09. The van der Waals surface area contributed by atoms with Crippen molar-refractivity contribution in [2.45, 2.75) is 26.9 Å². The number of esters is 1. The van der Waals surface area contributed by atoms with E-state index in [0.29, 0.717) is 10.6 Å². The van der Waals surface area contributed by atoms with Crippen molar-refractivity contribution in [3.63, 3.8) is 0 Å². The smallest absolute Gasteiger partial charge is 0.350 e. The first-order valence-electron chi connectivity index (χ1n) is 9.50. The predicted molar refractivity (Wildman–Crippen MR) is 120 cm³/mol. The van der Waals surface area contributed by atoms with Gasteiger partial charge >= 0.3 is 5.97 Å². The molecule has 0 aliphatic heterocycles. The average molecular weight is 403 g/mol. The number of thiophene rings is 1. The van der Waals surface area contributed by atoms with E-state index in [0.717, 1.165) is 32.6 Å². The number of aromatic nitrogens is 1. The molecule has 0 spiro atoms. The van der Waals surface area contributed by atoms with Gasteiger partial charge in [0.25, 0.3) is 0 Å². The molecule has 2 aromatic carbocycles. The van der Waals surface area contributed by atoms with E-state index < -0.39 is 5.97 Å². The van der Waals surface area contributed by atoms with Crippen LogP contribution >= 0.6 is 11.3 Å². The molecular formula is C24H22N2O2S. The molecule has 0 amide bonds. The summed E-state index contributed by atoms with van der Waals surface area (Å²) in [4.78, 5) is 18.5. The van der Waals surface area contributed by atoms with Crippen molar-refractivity contribution in [3.05, 3.63) is 71.1 Å². The summed E-state index contributed by atoms with van der Waals surface area (Å²) in [7, 11) is 0. The maximum absolute atomic E-state index is 12.6. The van der Waals surface area contributed by atoms with E-state index in [1.807, 2.05) is 50.2 Å². The number of rotatable bonds is 4. The average Bonchev–Trinajstić information content (AvgIpc) is 3.05. The largest absolute Gasteiger partial charge is 0.459 e. The highest BCUT2D eigenvalue weighted by Gasteiger charge is 2.23. The van der Waals surface area contributed by atoms with E-state index in [9.17, 15) is 4.79 Å². The molecule has 0 bridgehead atoms. The number of hydrogen-bond donors (Lipinski definition) is 1. The molecule has 146 valence electrons. The number of anilines is 1. The van der Waals surface area contributed by atoms with Gasteiger partial charge in [0.05, 0.1) is 17.5 Å². The number of fused-ring (bicyclic) bond motifs is 1. The molecule has 0 saturated heterocycles. The molecule has 0 aliphatic carbocycles. The molecule has 29 heavy (non-hydrogen) atoms. The highest BCUT2D eigenvalue weighted by molar-refractivity contribution is 7.21. The third-order valence-corrected chi connectivity index (χ3v) is 5.74. The fourth-order valence-electron chi connectivity index (χ4n) is 3.26. The molecule has 0 fully saturated rings. The fraction of sp³-hybridized carbons (Fsp3) is 0.167. The van der Waals surface area contributed by atoms with Crippen molar-refractivity contribution < 1.29 is 9.53 Å². The van der Waals surface area contributed by atoms with Crippen LogP contribution in [-0.2, 0) is 4.74 Å². The summed E-state index contributed by atoms with van der Waals surface area (Å²) in [6.45, 7) is 5.70. The van der Waals surface area contributed by atoms with Crippen LogP contribution in [0.2, 0.25) is 0 Å². The monoisotopic (exact) mass is 402 g/mol. The summed E-state index contributed by atoms with van der Waals surface area (Å²) < 4.78 is 5.39. The van der Waals surface area contributed by atoms with Crippen molar-refractivity contribution >= 4 is 33.2 Å². The molecule has 0 saturated carbocycles. The minimum Gasteiger partial charge on any atom is -0.459 e. The van der Waals surface area contributed by atoms with Crippen LogP contribution in [0.1, 0.15) is 29.1 Å². The molecule has 0 unspecified atom stereocenters. The molecule has 4 aromatic rings. The van der Waals surface area contributed by atoms with E-state index >= 15 is 0 Å². The zero-order chi connectivity index (χ0) is 20.5. The maximum Gasteiger partial charge on any atom is 0.350 e. The highest BCUT2D eigenvalue weighted by atomic mass is 32.1. The van der Waals surface area contributed by atoms with Gasteiger partial charge in [-0.3, -0.25) is 0 Å². The lowest BCUT2D eigenvalue weighted by atomic mass is 9.99. The van der Waals surface area contributed by atoms with E-state index in [4.69, 9.17) is 15.5 Å². The van der Waals surface area contributed by atoms with Crippen LogP contribution in [0.15, 0.2) is 60.7 Å². The highest BCUT2D eigenvalue weighted by Crippen LogP contribution is 2.41. The Morgan fingerprint density at radius 2 is 1.72 bits per heavy atom. The van der Waals surface area contributed by atoms with Crippen LogP contribution in [0, 0.1) is 6.92 Å². The van der Waals surface area contributed by atoms with E-state index in [1.165, 1.54) is 16.9 Å². The molecule has 0 aliphatic rings. The number of ether oxygens (including phenoxy) is 1. The zero-order valence-electron chi connectivity index (χ0n) is 16.6. The van der Waals surface area contributed by atoms with Gasteiger partial charge in [0.15, 0.2) is 0 Å². The first-order valence-corrected chi connectivity index (χ1v) is 10.3. The molecule has 2 aromatic heterocycles. The second kappa shape index (κ2) is 7.68. The standard InChI is InChI=1S/C24H22N2O2S/c1-14(2)28-24(27)22-21(25)20-18(16-11-9-15(3)10-12-16)13-19(26-23(20)29-22)17-7-5-4-6-8-17/h4-14H,25H2,1-3H3. The topological polar surface area (TPSA) is 65.2 Å². The second-order valence-corrected chi connectivity index (χ2v) is 8.27. The van der Waals surface area contributed by atoms with E-state index in [2.05, 4.69) is 31.2 Å². The van der Waals surface area contributed by atoms with Crippen LogP contribution in [0.5, 0.6) is 0 Å². The normalized spacial score (nSPS) is 11.2. The Balaban J connectivity index is 1.98. The molecule has 4 rings (SSSR count). The van der Waals surface area contributed by atoms with Gasteiger partial charge in [0, 0.05) is 10.9 Å². The first kappa shape index (κ1) is 19.2. The summed E-state index contributed by atoms with van der Waals surface area (Å²) in [6, 6.07) is 20.3. The number of nitrogens with two attached hydrogens (primary N) is 1. The molecule has 2 heterocycles. The summed E-state index contributed by atoms with van der Waals surface area (Å²) in [5.74, 6) is -0.406. The number of nitrogen functional groups attached to an aromatic ring is 1. The third-order valence-electron chi connectivity index (χ3n) is 4.66. The number of pyridine rings is 1. The summed E-state index contributed by atoms with van der Waals surface area (Å²) in [5.41, 5.74) is 11.9. The molecule has 0 radical (unpaired) electrons. The Bertz CT molecular complexity index is 1180. The first-order chi connectivity index (χ1) is 13.9. The number of aryl methyl sites for hydroxylation is 1. The second-order valence-electron chi connectivity index (χ2n) is 7.27. The zero-order valence-corrected chi connectivity index (χ0v) is 17.4. The Labute approximate surface area is 174 Å². The van der Waals surface area contributed by atoms with Crippen LogP contribution < -0.4 is 5.73 Å². The van der Waals surface area contributed by atoms with Gasteiger partial charge in [-0.15, -0.1) is 11.3 Å². The third kappa shape index (κ3) is 3.74. The van der Waals surface area contributed by atoms with Gasteiger partial charge in [-0.25, -0.2) is 9.78 Å². The van der Waals surface area contributed by atoms with Crippen molar-refractivity contribution in [3.8, 4) is 22.4 Å². The van der Waals surface area contributed by atoms with Gasteiger partial charge in [-0.1, -0.05) is 60.2 Å². The van der Waals surface area contributed by atoms with Gasteiger partial charge < -0.3 is 10.5 Å². The number of nitrogens with zero attached hydrogens (tertiary/aromatic N) is 1. The van der Waals surface area contributed by atoms with Crippen molar-refractivity contribution in [1.29, 1.82) is 0 Å². The van der Waals surface area contributed by atoms with Crippen LogP contribution in [0.25, 0.3) is 32.6 Å². The van der Waals surface area contributed by atoms with E-state index in [1.54, 1.807) is 0 Å². The molecule has 2 N–H and O–H groups in total. The molecule has 4 nitrogen and oxygen atoms in total. The quantitative estimate of drug-likeness (QED) is 0.420. The fourth-order valence-corrected chi connectivity index (χ4v) is 4.26. The molecule has 5 heteroatoms. The summed E-state index contributed by atoms with van der Waals surface area (Å²) >= 11 is 1.28.